The largest absolute Gasteiger partial charge is 0.326 e. The summed E-state index contributed by atoms with van der Waals surface area (Å²) in [5, 5.41) is 12.4. The van der Waals surface area contributed by atoms with Crippen molar-refractivity contribution in [2.75, 3.05) is 99.9 Å². The second-order valence-corrected chi connectivity index (χ2v) is 32.5. The number of carbonyl (C=O) groups excluding carboxylic acids is 14. The number of nitrogens with zero attached hydrogens (tertiary/aromatic N) is 31. The number of urea groups is 14. The Kier molecular flexibility index (Phi) is 12.2. The molecule has 22 rings (SSSR count). The van der Waals surface area contributed by atoms with Gasteiger partial charge in [0.05, 0.1) is 5.69 Å². The Hall–Kier alpha value is -11.1. The molecule has 1 N–H and O–H groups in total. The Morgan fingerprint density at radius 1 is 0.306 bits per heavy atom. The fourth-order valence-corrected chi connectivity index (χ4v) is 22.9. The molecule has 1 aromatic rings. The maximum absolute atomic E-state index is 16.6. The molecule has 28 amide bonds. The second-order valence-electron chi connectivity index (χ2n) is 32.5. The third-order valence-electron chi connectivity index (χ3n) is 27.8. The SMILES string of the molecule is CCCCCCCCCCCCNCc1cn(CCCCC23N4CN5C(=O)N6CN7C(=O)N8CN9C(=O)N%10CN%11C(=O)N%12CN%13C(=O)N%14CN%15C(=O)N%16CN(C4=O)C2(C)N2CN4C(=O)N(CN%17C(=O)N(CN%18C(=O)N(CN%19C(=O)N(CN%20C(=O)N(CN%21C(=O)N(CN3C2=O)C5C6%21)C7C8%20)C9C%10%19)C%11C%12%18)C%13C%14%17)C%15C%164)nn1. The van der Waals surface area contributed by atoms with Crippen molar-refractivity contribution in [2.45, 2.75) is 196 Å². The molecule has 0 aromatic carbocycles. The molecule has 0 spiro atoms. The molecule has 572 valence electrons. The van der Waals surface area contributed by atoms with E-state index >= 15 is 67.1 Å². The minimum absolute atomic E-state index is 0.0175. The van der Waals surface area contributed by atoms with Gasteiger partial charge >= 0.3 is 84.4 Å². The van der Waals surface area contributed by atoms with Crippen LogP contribution in [-0.4, -0.2) is 422 Å². The maximum atomic E-state index is 16.6. The summed E-state index contributed by atoms with van der Waals surface area (Å²) in [4.78, 5) is 260. The van der Waals surface area contributed by atoms with E-state index in [1.807, 2.05) is 6.20 Å². The first-order valence-corrected chi connectivity index (χ1v) is 37.9. The van der Waals surface area contributed by atoms with Crippen LogP contribution in [0.25, 0.3) is 0 Å². The number of nitrogens with one attached hydrogen (secondary N) is 1. The lowest BCUT2D eigenvalue weighted by Crippen LogP contribution is -2.72. The van der Waals surface area contributed by atoms with Gasteiger partial charge in [-0.1, -0.05) is 69.9 Å². The first-order chi connectivity index (χ1) is 52.3. The van der Waals surface area contributed by atoms with Gasteiger partial charge < -0.3 is 5.32 Å². The average Bonchev–Trinajstić information content (AvgIpc) is 1.52. The number of hydrogen-bond acceptors (Lipinski definition) is 17. The summed E-state index contributed by atoms with van der Waals surface area (Å²) in [6.07, 6.45) is -0.410. The van der Waals surface area contributed by atoms with Gasteiger partial charge in [0.2, 0.25) is 0 Å². The lowest BCUT2D eigenvalue weighted by molar-refractivity contribution is -0.120. The fourth-order valence-electron chi connectivity index (χ4n) is 22.9. The molecule has 1 aromatic heterocycles. The molecule has 21 fully saturated rings. The number of rotatable bonds is 18. The summed E-state index contributed by atoms with van der Waals surface area (Å²) in [6.45, 7) is -1.98. The summed E-state index contributed by atoms with van der Waals surface area (Å²) >= 11 is 0. The molecule has 21 aliphatic rings. The molecule has 0 radical (unpaired) electrons. The van der Waals surface area contributed by atoms with E-state index in [4.69, 9.17) is 0 Å². The molecule has 21 aliphatic heterocycles. The van der Waals surface area contributed by atoms with Crippen molar-refractivity contribution < 1.29 is 67.1 Å². The molecule has 108 heavy (non-hydrogen) atoms. The summed E-state index contributed by atoms with van der Waals surface area (Å²) in [6, 6.07) is -10.1. The zero-order chi connectivity index (χ0) is 73.4. The van der Waals surface area contributed by atoms with Gasteiger partial charge in [0.1, 0.15) is 93.4 Å². The Balaban J connectivity index is 0.632. The summed E-state index contributed by atoms with van der Waals surface area (Å²) in [5.41, 5.74) is -2.99. The number of amides is 28. The standard InChI is InChI=1S/C62H80N32O14/c1-3-4-5-6-7-8-9-10-11-13-16-63-18-34-19-66(65-64-34)17-14-12-15-62-61(2)91-30-87-45-43-83(55(87)103)26-79-41-39-75(51(79)99)22-71-37-35-67(47(71)95)20-69-36-38-73(49(69)97)24-77-40-42-81(53(77)101)28-85-44-46(89(57(85)105)32-93(62)59(91)107)90-33-94(62)60(108)92(61)31-88(45)56(104)84(43)27-80(41)52(100)76(39)23-72(37)48(96)68(35)21-70(36)50(98)74(38)25-78(40)54(102)82(42)29-86(44)58(90)106/h19,35-46,63H,3-18,20-33H2,1-2H3. The molecule has 0 bridgehead atoms. The monoisotopic (exact) mass is 1500 g/mol. The van der Waals surface area contributed by atoms with Crippen LogP contribution in [0.1, 0.15) is 103 Å². The predicted octanol–water partition coefficient (Wildman–Crippen LogP) is -1.38. The quantitative estimate of drug-likeness (QED) is 0.166. The zero-order valence-corrected chi connectivity index (χ0v) is 59.3. The minimum Gasteiger partial charge on any atom is -0.311 e. The molecule has 0 atom stereocenters. The lowest BCUT2D eigenvalue weighted by Gasteiger charge is -2.52. The van der Waals surface area contributed by atoms with Crippen molar-refractivity contribution in [3.05, 3.63) is 11.9 Å². The zero-order valence-electron chi connectivity index (χ0n) is 59.3. The highest BCUT2D eigenvalue weighted by molar-refractivity contribution is 5.96. The molecule has 46 heteroatoms. The van der Waals surface area contributed by atoms with Crippen LogP contribution >= 0.6 is 0 Å². The molecule has 46 nitrogen and oxygen atoms in total. The van der Waals surface area contributed by atoms with E-state index in [1.54, 1.807) is 11.6 Å². The Morgan fingerprint density at radius 3 is 0.815 bits per heavy atom. The van der Waals surface area contributed by atoms with Crippen LogP contribution in [-0.2, 0) is 13.1 Å². The number of unbranched alkanes of at least 4 members (excludes halogenated alkanes) is 10. The Bertz CT molecular complexity index is 4150. The van der Waals surface area contributed by atoms with E-state index in [2.05, 4.69) is 22.6 Å². The van der Waals surface area contributed by atoms with E-state index in [0.717, 1.165) is 25.1 Å². The van der Waals surface area contributed by atoms with Crippen molar-refractivity contribution in [1.82, 2.24) is 158 Å². The van der Waals surface area contributed by atoms with Crippen LogP contribution in [0.15, 0.2) is 6.20 Å². The van der Waals surface area contributed by atoms with Crippen LogP contribution in [0.5, 0.6) is 0 Å². The molecular weight excluding hydrogens is 1420 g/mol. The summed E-state index contributed by atoms with van der Waals surface area (Å²) < 4.78 is 1.73. The third kappa shape index (κ3) is 7.20. The first kappa shape index (κ1) is 63.0. The van der Waals surface area contributed by atoms with E-state index in [1.165, 1.54) is 189 Å². The first-order valence-electron chi connectivity index (χ1n) is 37.9. The molecule has 21 saturated heterocycles. The van der Waals surface area contributed by atoms with Gasteiger partial charge in [-0.15, -0.1) is 5.10 Å². The molecular formula is C62H80N32O14. The van der Waals surface area contributed by atoms with E-state index in [0.29, 0.717) is 19.5 Å². The molecule has 0 saturated carbocycles. The molecule has 0 aliphatic carbocycles. The summed E-state index contributed by atoms with van der Waals surface area (Å²) in [7, 11) is 0. The third-order valence-corrected chi connectivity index (χ3v) is 27.8. The van der Waals surface area contributed by atoms with Gasteiger partial charge in [0.15, 0.2) is 85.3 Å². The number of carbonyl (C=O) groups is 14. The normalized spacial score (nSPS) is 35.4. The van der Waals surface area contributed by atoms with Crippen LogP contribution in [0, 0.1) is 0 Å². The van der Waals surface area contributed by atoms with Crippen molar-refractivity contribution in [3.63, 3.8) is 0 Å². The Morgan fingerprint density at radius 2 is 0.546 bits per heavy atom. The van der Waals surface area contributed by atoms with Gasteiger partial charge in [0, 0.05) is 19.3 Å². The van der Waals surface area contributed by atoms with Gasteiger partial charge in [-0.25, -0.2) is 67.1 Å². The van der Waals surface area contributed by atoms with Gasteiger partial charge in [-0.3, -0.25) is 142 Å². The number of hydrogen-bond donors (Lipinski definition) is 1. The minimum atomic E-state index is -1.87. The van der Waals surface area contributed by atoms with Gasteiger partial charge in [-0.2, -0.15) is 0 Å². The topological polar surface area (TPSA) is 372 Å². The van der Waals surface area contributed by atoms with Crippen LogP contribution in [0.3, 0.4) is 0 Å². The highest BCUT2D eigenvalue weighted by Crippen LogP contribution is 2.59. The predicted molar refractivity (Wildman–Crippen MR) is 349 cm³/mol. The van der Waals surface area contributed by atoms with Crippen LogP contribution in [0.2, 0.25) is 0 Å². The van der Waals surface area contributed by atoms with Crippen molar-refractivity contribution >= 4 is 84.4 Å². The summed E-state index contributed by atoms with van der Waals surface area (Å²) in [5.74, 6) is 0. The Labute approximate surface area is 614 Å². The average molecular weight is 1500 g/mol. The van der Waals surface area contributed by atoms with Crippen molar-refractivity contribution in [1.29, 1.82) is 0 Å². The number of aryl methyl sites for hydroxylation is 1. The lowest BCUT2D eigenvalue weighted by atomic mass is 9.87. The highest BCUT2D eigenvalue weighted by Gasteiger charge is 2.82. The smallest absolute Gasteiger partial charge is 0.311 e. The molecule has 0 unspecified atom stereocenters. The molecule has 22 heterocycles. The number of aromatic nitrogens is 3. The van der Waals surface area contributed by atoms with Gasteiger partial charge in [0.25, 0.3) is 0 Å². The van der Waals surface area contributed by atoms with Gasteiger partial charge in [-0.05, 0) is 39.2 Å². The highest BCUT2D eigenvalue weighted by atomic mass is 16.3. The van der Waals surface area contributed by atoms with Crippen molar-refractivity contribution in [3.8, 4) is 0 Å². The van der Waals surface area contributed by atoms with Crippen molar-refractivity contribution in [2.24, 2.45) is 0 Å². The van der Waals surface area contributed by atoms with E-state index in [-0.39, 0.29) is 12.8 Å². The maximum Gasteiger partial charge on any atom is 0.326 e. The van der Waals surface area contributed by atoms with Crippen LogP contribution < -0.4 is 5.32 Å². The van der Waals surface area contributed by atoms with E-state index in [9.17, 15) is 0 Å². The van der Waals surface area contributed by atoms with E-state index < -0.39 is 263 Å². The van der Waals surface area contributed by atoms with Crippen LogP contribution in [0.4, 0.5) is 67.1 Å². The fraction of sp³-hybridized carbons (Fsp3) is 0.742. The second kappa shape index (κ2) is 21.0.